The first kappa shape index (κ1) is 11.1. The van der Waals surface area contributed by atoms with E-state index < -0.39 is 0 Å². The van der Waals surface area contributed by atoms with Crippen LogP contribution in [-0.4, -0.2) is 9.67 Å². The molecule has 0 saturated carbocycles. The van der Waals surface area contributed by atoms with Gasteiger partial charge in [-0.25, -0.2) is 0 Å². The third-order valence-electron chi connectivity index (χ3n) is 2.14. The van der Waals surface area contributed by atoms with Gasteiger partial charge in [-0.15, -0.1) is 0 Å². The number of aromatic hydroxyl groups is 1. The zero-order valence-electron chi connectivity index (χ0n) is 8.38. The minimum absolute atomic E-state index is 0.120. The highest BCUT2D eigenvalue weighted by atomic mass is 35.5. The molecule has 1 aromatic rings. The minimum Gasteiger partial charge on any atom is -0.493 e. The second kappa shape index (κ2) is 4.51. The molecule has 4 heteroatoms. The van der Waals surface area contributed by atoms with Gasteiger partial charge in [0.15, 0.2) is 0 Å². The highest BCUT2D eigenvalue weighted by Gasteiger charge is 2.09. The lowest BCUT2D eigenvalue weighted by Gasteiger charge is -2.10. The Bertz CT molecular complexity index is 384. The second-order valence-electron chi connectivity index (χ2n) is 3.31. The second-order valence-corrected chi connectivity index (χ2v) is 3.69. The summed E-state index contributed by atoms with van der Waals surface area (Å²) >= 11 is 5.82. The number of hydrogen-bond acceptors (Lipinski definition) is 2. The molecule has 0 atom stereocenters. The SMILES string of the molecule is CCCCn1c(O)c(Cl)c(C)cc1=O. The van der Waals surface area contributed by atoms with Crippen molar-refractivity contribution in [1.82, 2.24) is 4.57 Å². The van der Waals surface area contributed by atoms with Crippen molar-refractivity contribution in [3.8, 4) is 5.88 Å². The van der Waals surface area contributed by atoms with Gasteiger partial charge in [-0.2, -0.15) is 0 Å². The van der Waals surface area contributed by atoms with E-state index in [0.29, 0.717) is 12.1 Å². The molecular formula is C10H14ClNO2. The maximum atomic E-state index is 11.5. The largest absolute Gasteiger partial charge is 0.493 e. The molecule has 14 heavy (non-hydrogen) atoms. The van der Waals surface area contributed by atoms with Crippen molar-refractivity contribution in [2.75, 3.05) is 0 Å². The first-order valence-corrected chi connectivity index (χ1v) is 5.04. The number of aromatic nitrogens is 1. The van der Waals surface area contributed by atoms with Crippen LogP contribution in [0, 0.1) is 6.92 Å². The molecule has 0 aliphatic carbocycles. The first-order chi connectivity index (χ1) is 6.57. The summed E-state index contributed by atoms with van der Waals surface area (Å²) in [5, 5.41) is 9.88. The standard InChI is InChI=1S/C10H14ClNO2/c1-3-4-5-12-8(13)6-7(2)9(11)10(12)14/h6,14H,3-5H2,1-2H3. The summed E-state index contributed by atoms with van der Waals surface area (Å²) < 4.78 is 1.30. The zero-order chi connectivity index (χ0) is 10.7. The van der Waals surface area contributed by atoms with Gasteiger partial charge < -0.3 is 5.11 Å². The van der Waals surface area contributed by atoms with Gasteiger partial charge in [0, 0.05) is 12.6 Å². The van der Waals surface area contributed by atoms with Crippen LogP contribution in [0.15, 0.2) is 10.9 Å². The number of aryl methyl sites for hydroxylation is 1. The van der Waals surface area contributed by atoms with E-state index in [4.69, 9.17) is 11.6 Å². The summed E-state index contributed by atoms with van der Waals surface area (Å²) in [6.07, 6.45) is 1.82. The van der Waals surface area contributed by atoms with Crippen LogP contribution in [0.4, 0.5) is 0 Å². The third kappa shape index (κ3) is 2.10. The molecule has 1 N–H and O–H groups in total. The molecule has 0 unspecified atom stereocenters. The normalized spacial score (nSPS) is 10.5. The summed E-state index contributed by atoms with van der Waals surface area (Å²) in [7, 11) is 0. The van der Waals surface area contributed by atoms with Crippen LogP contribution >= 0.6 is 11.6 Å². The van der Waals surface area contributed by atoms with Crippen LogP contribution < -0.4 is 5.56 Å². The van der Waals surface area contributed by atoms with E-state index in [9.17, 15) is 9.90 Å². The van der Waals surface area contributed by atoms with Crippen LogP contribution in [0.2, 0.25) is 5.02 Å². The van der Waals surface area contributed by atoms with E-state index in [0.717, 1.165) is 12.8 Å². The molecule has 0 aliphatic heterocycles. The zero-order valence-corrected chi connectivity index (χ0v) is 9.14. The molecule has 0 radical (unpaired) electrons. The van der Waals surface area contributed by atoms with Crippen molar-refractivity contribution < 1.29 is 5.11 Å². The van der Waals surface area contributed by atoms with Crippen LogP contribution in [-0.2, 0) is 6.54 Å². The number of rotatable bonds is 3. The van der Waals surface area contributed by atoms with Gasteiger partial charge in [-0.05, 0) is 18.9 Å². The molecule has 78 valence electrons. The predicted molar refractivity (Wildman–Crippen MR) is 57.0 cm³/mol. The fraction of sp³-hybridized carbons (Fsp3) is 0.500. The van der Waals surface area contributed by atoms with Crippen molar-refractivity contribution in [2.24, 2.45) is 0 Å². The lowest BCUT2D eigenvalue weighted by molar-refractivity contribution is 0.401. The Balaban J connectivity index is 3.16. The predicted octanol–water partition coefficient (Wildman–Crippen LogP) is 2.32. The maximum absolute atomic E-state index is 11.5. The molecule has 1 heterocycles. The quantitative estimate of drug-likeness (QED) is 0.841. The molecule has 1 aromatic heterocycles. The highest BCUT2D eigenvalue weighted by molar-refractivity contribution is 6.32. The molecule has 0 aliphatic rings. The average molecular weight is 216 g/mol. The van der Waals surface area contributed by atoms with E-state index in [1.54, 1.807) is 6.92 Å². The van der Waals surface area contributed by atoms with Crippen LogP contribution in [0.25, 0.3) is 0 Å². The fourth-order valence-corrected chi connectivity index (χ4v) is 1.41. The van der Waals surface area contributed by atoms with E-state index in [1.165, 1.54) is 10.6 Å². The average Bonchev–Trinajstić information content (AvgIpc) is 2.14. The van der Waals surface area contributed by atoms with Gasteiger partial charge in [-0.1, -0.05) is 24.9 Å². The van der Waals surface area contributed by atoms with Crippen molar-refractivity contribution in [2.45, 2.75) is 33.2 Å². The van der Waals surface area contributed by atoms with Gasteiger partial charge in [0.1, 0.15) is 5.02 Å². The summed E-state index contributed by atoms with van der Waals surface area (Å²) in [5.74, 6) is -0.120. The molecular weight excluding hydrogens is 202 g/mol. The van der Waals surface area contributed by atoms with E-state index in [1.807, 2.05) is 6.92 Å². The highest BCUT2D eigenvalue weighted by Crippen LogP contribution is 2.24. The number of halogens is 1. The van der Waals surface area contributed by atoms with Crippen LogP contribution in [0.3, 0.4) is 0 Å². The van der Waals surface area contributed by atoms with Gasteiger partial charge in [0.25, 0.3) is 5.56 Å². The Labute approximate surface area is 87.9 Å². The first-order valence-electron chi connectivity index (χ1n) is 4.66. The van der Waals surface area contributed by atoms with Crippen LogP contribution in [0.5, 0.6) is 5.88 Å². The Kier molecular flexibility index (Phi) is 3.58. The Morgan fingerprint density at radius 3 is 2.79 bits per heavy atom. The monoisotopic (exact) mass is 215 g/mol. The molecule has 0 saturated heterocycles. The van der Waals surface area contributed by atoms with Crippen molar-refractivity contribution in [3.63, 3.8) is 0 Å². The lowest BCUT2D eigenvalue weighted by atomic mass is 10.2. The molecule has 0 spiro atoms. The molecule has 1 rings (SSSR count). The summed E-state index contributed by atoms with van der Waals surface area (Å²) in [6.45, 7) is 4.24. The van der Waals surface area contributed by atoms with Crippen molar-refractivity contribution >= 4 is 11.6 Å². The van der Waals surface area contributed by atoms with Crippen molar-refractivity contribution in [3.05, 3.63) is 27.0 Å². The van der Waals surface area contributed by atoms with Crippen molar-refractivity contribution in [1.29, 1.82) is 0 Å². The smallest absolute Gasteiger partial charge is 0.253 e. The van der Waals surface area contributed by atoms with E-state index in [-0.39, 0.29) is 16.5 Å². The molecule has 0 aromatic carbocycles. The number of hydrogen-bond donors (Lipinski definition) is 1. The molecule has 0 bridgehead atoms. The van der Waals surface area contributed by atoms with Gasteiger partial charge in [-0.3, -0.25) is 9.36 Å². The Hall–Kier alpha value is -0.960. The summed E-state index contributed by atoms with van der Waals surface area (Å²) in [5.41, 5.74) is 0.416. The maximum Gasteiger partial charge on any atom is 0.253 e. The topological polar surface area (TPSA) is 42.2 Å². The van der Waals surface area contributed by atoms with Gasteiger partial charge in [0.05, 0.1) is 0 Å². The summed E-state index contributed by atoms with van der Waals surface area (Å²) in [4.78, 5) is 11.5. The lowest BCUT2D eigenvalue weighted by Crippen LogP contribution is -2.19. The van der Waals surface area contributed by atoms with E-state index in [2.05, 4.69) is 0 Å². The van der Waals surface area contributed by atoms with Crippen LogP contribution in [0.1, 0.15) is 25.3 Å². The van der Waals surface area contributed by atoms with Gasteiger partial charge in [0.2, 0.25) is 5.88 Å². The fourth-order valence-electron chi connectivity index (χ4n) is 1.26. The Morgan fingerprint density at radius 2 is 2.21 bits per heavy atom. The molecule has 3 nitrogen and oxygen atoms in total. The number of pyridine rings is 1. The van der Waals surface area contributed by atoms with Gasteiger partial charge >= 0.3 is 0 Å². The van der Waals surface area contributed by atoms with E-state index >= 15 is 0 Å². The Morgan fingerprint density at radius 1 is 1.57 bits per heavy atom. The summed E-state index contributed by atoms with van der Waals surface area (Å²) in [6, 6.07) is 1.44. The molecule has 0 amide bonds. The molecule has 0 fully saturated rings. The third-order valence-corrected chi connectivity index (χ3v) is 2.61. The number of nitrogens with zero attached hydrogens (tertiary/aromatic N) is 1. The number of unbranched alkanes of at least 4 members (excludes halogenated alkanes) is 1. The minimum atomic E-state index is -0.196.